The first-order valence-corrected chi connectivity index (χ1v) is 11.9. The van der Waals surface area contributed by atoms with E-state index >= 15 is 0 Å². The Morgan fingerprint density at radius 1 is 0.846 bits per heavy atom. The number of carbonyl (C=O) groups is 2. The number of alkyl halides is 7. The zero-order chi connectivity index (χ0) is 28.8. The van der Waals surface area contributed by atoms with E-state index in [2.05, 4.69) is 20.8 Å². The van der Waals surface area contributed by atoms with Crippen molar-refractivity contribution in [2.24, 2.45) is 0 Å². The number of rotatable bonds is 5. The van der Waals surface area contributed by atoms with Crippen molar-refractivity contribution < 1.29 is 40.3 Å². The summed E-state index contributed by atoms with van der Waals surface area (Å²) in [6, 6.07) is 8.98. The highest BCUT2D eigenvalue weighted by molar-refractivity contribution is 7.14. The molecule has 39 heavy (non-hydrogen) atoms. The van der Waals surface area contributed by atoms with Crippen LogP contribution in [0.4, 0.5) is 41.4 Å². The van der Waals surface area contributed by atoms with Gasteiger partial charge in [0.05, 0.1) is 27.8 Å². The topological polar surface area (TPSA) is 84.0 Å². The van der Waals surface area contributed by atoms with Crippen molar-refractivity contribution in [3.8, 4) is 0 Å². The number of thiophene rings is 1. The normalized spacial score (nSPS) is 12.4. The van der Waals surface area contributed by atoms with Crippen LogP contribution in [0.15, 0.2) is 54.0 Å². The smallest absolute Gasteiger partial charge is 0.321 e. The number of hydrogen-bond donors (Lipinski definition) is 2. The van der Waals surface area contributed by atoms with E-state index in [-0.39, 0.29) is 32.9 Å². The monoisotopic (exact) mass is 570 g/mol. The fraction of sp³-hybridized carbons (Fsp3) is 0.200. The summed E-state index contributed by atoms with van der Waals surface area (Å²) < 4.78 is 93.5. The Hall–Kier alpha value is -4.07. The van der Waals surface area contributed by atoms with Gasteiger partial charge in [-0.3, -0.25) is 9.59 Å². The Labute approximate surface area is 219 Å². The largest absolute Gasteiger partial charge is 0.435 e. The zero-order valence-electron chi connectivity index (χ0n) is 20.0. The lowest BCUT2D eigenvalue weighted by Crippen LogP contribution is -2.50. The van der Waals surface area contributed by atoms with Gasteiger partial charge in [0.2, 0.25) is 0 Å². The molecular weight excluding hydrogens is 553 g/mol. The fourth-order valence-corrected chi connectivity index (χ4v) is 4.70. The zero-order valence-corrected chi connectivity index (χ0v) is 20.8. The number of anilines is 2. The van der Waals surface area contributed by atoms with Gasteiger partial charge in [0.15, 0.2) is 0 Å². The van der Waals surface area contributed by atoms with Gasteiger partial charge in [-0.05, 0) is 37.1 Å². The number of aromatic nitrogens is 2. The molecule has 0 bridgehead atoms. The van der Waals surface area contributed by atoms with Gasteiger partial charge in [-0.1, -0.05) is 30.3 Å². The van der Waals surface area contributed by atoms with Gasteiger partial charge in [-0.15, -0.1) is 11.3 Å². The summed E-state index contributed by atoms with van der Waals surface area (Å²) in [6.07, 6.45) is -11.2. The molecule has 6 nitrogen and oxygen atoms in total. The van der Waals surface area contributed by atoms with E-state index in [4.69, 9.17) is 0 Å². The summed E-state index contributed by atoms with van der Waals surface area (Å²) in [4.78, 5) is 25.6. The van der Waals surface area contributed by atoms with Crippen molar-refractivity contribution in [2.75, 3.05) is 10.6 Å². The van der Waals surface area contributed by atoms with Crippen LogP contribution in [0.1, 0.15) is 37.4 Å². The number of nitrogens with one attached hydrogen (secondary N) is 2. The lowest BCUT2D eigenvalue weighted by atomic mass is 9.90. The standard InChI is InChI=1S/C25H17F7N4O2S/c1-12-7-15(23(26,24(27,28)29)25(30,31)32)8-13(2)20(12)35-21(37)14-9-19(39-11-14)34-22(38)17-10-33-36-18-6-4-3-5-16(17)18/h3-11H,1-2H3,(H,34,38)(H,35,37). The fourth-order valence-electron chi connectivity index (χ4n) is 3.92. The van der Waals surface area contributed by atoms with Crippen LogP contribution in [0, 0.1) is 13.8 Å². The van der Waals surface area contributed by atoms with E-state index in [0.717, 1.165) is 25.2 Å². The first-order valence-electron chi connectivity index (χ1n) is 11.0. The summed E-state index contributed by atoms with van der Waals surface area (Å²) in [5, 5.41) is 15.0. The molecule has 0 aliphatic heterocycles. The third-order valence-corrected chi connectivity index (χ3v) is 6.69. The third kappa shape index (κ3) is 5.15. The van der Waals surface area contributed by atoms with Gasteiger partial charge in [0, 0.05) is 22.0 Å². The number of aryl methyl sites for hydroxylation is 2. The van der Waals surface area contributed by atoms with Crippen molar-refractivity contribution in [3.63, 3.8) is 0 Å². The molecule has 0 saturated carbocycles. The summed E-state index contributed by atoms with van der Waals surface area (Å²) in [6.45, 7) is 2.29. The Bertz CT molecular complexity index is 1540. The molecule has 0 spiro atoms. The van der Waals surface area contributed by atoms with Crippen LogP contribution in [-0.2, 0) is 5.67 Å². The van der Waals surface area contributed by atoms with Gasteiger partial charge in [0.25, 0.3) is 11.8 Å². The third-order valence-electron chi connectivity index (χ3n) is 5.84. The highest BCUT2D eigenvalue weighted by Crippen LogP contribution is 2.53. The second-order valence-corrected chi connectivity index (χ2v) is 9.43. The molecule has 0 unspecified atom stereocenters. The quantitative estimate of drug-likeness (QED) is 0.251. The lowest BCUT2D eigenvalue weighted by molar-refractivity contribution is -0.348. The van der Waals surface area contributed by atoms with Crippen LogP contribution in [0.3, 0.4) is 0 Å². The molecule has 2 aromatic carbocycles. The number of nitrogens with zero attached hydrogens (tertiary/aromatic N) is 2. The number of carbonyl (C=O) groups excluding carboxylic acids is 2. The molecule has 2 heterocycles. The molecule has 2 N–H and O–H groups in total. The van der Waals surface area contributed by atoms with Crippen molar-refractivity contribution in [1.29, 1.82) is 0 Å². The predicted octanol–water partition coefficient (Wildman–Crippen LogP) is 7.10. The second kappa shape index (κ2) is 9.91. The van der Waals surface area contributed by atoms with E-state index in [9.17, 15) is 40.3 Å². The maximum Gasteiger partial charge on any atom is 0.435 e. The van der Waals surface area contributed by atoms with Gasteiger partial charge in [0.1, 0.15) is 0 Å². The summed E-state index contributed by atoms with van der Waals surface area (Å²) in [5.74, 6) is -1.26. The van der Waals surface area contributed by atoms with Crippen LogP contribution >= 0.6 is 11.3 Å². The average molecular weight is 570 g/mol. The highest BCUT2D eigenvalue weighted by atomic mass is 32.1. The summed E-state index contributed by atoms with van der Waals surface area (Å²) in [5.41, 5.74) is -6.94. The van der Waals surface area contributed by atoms with Gasteiger partial charge >= 0.3 is 18.0 Å². The van der Waals surface area contributed by atoms with Crippen LogP contribution in [0.25, 0.3) is 10.9 Å². The molecule has 2 amide bonds. The number of benzene rings is 2. The van der Waals surface area contributed by atoms with E-state index in [0.29, 0.717) is 23.0 Å². The molecule has 0 saturated heterocycles. The van der Waals surface area contributed by atoms with Crippen molar-refractivity contribution >= 4 is 44.7 Å². The molecule has 4 rings (SSSR count). The first-order chi connectivity index (χ1) is 18.1. The minimum absolute atomic E-state index is 0.0568. The number of fused-ring (bicyclic) bond motifs is 1. The number of hydrogen-bond acceptors (Lipinski definition) is 5. The van der Waals surface area contributed by atoms with Crippen LogP contribution in [0.5, 0.6) is 0 Å². The second-order valence-electron chi connectivity index (χ2n) is 8.52. The molecule has 4 aromatic rings. The molecule has 0 radical (unpaired) electrons. The molecular formula is C25H17F7N4O2S. The Morgan fingerprint density at radius 3 is 2.08 bits per heavy atom. The Balaban J connectivity index is 1.55. The maximum atomic E-state index is 14.5. The van der Waals surface area contributed by atoms with E-state index in [1.165, 1.54) is 17.6 Å². The molecule has 0 aliphatic carbocycles. The molecule has 2 aromatic heterocycles. The minimum Gasteiger partial charge on any atom is -0.321 e. The summed E-state index contributed by atoms with van der Waals surface area (Å²) >= 11 is 1.01. The molecule has 14 heteroatoms. The van der Waals surface area contributed by atoms with Crippen LogP contribution in [-0.4, -0.2) is 34.4 Å². The highest BCUT2D eigenvalue weighted by Gasteiger charge is 2.73. The maximum absolute atomic E-state index is 14.5. The molecule has 204 valence electrons. The van der Waals surface area contributed by atoms with Crippen molar-refractivity contribution in [1.82, 2.24) is 10.2 Å². The molecule has 0 fully saturated rings. The summed E-state index contributed by atoms with van der Waals surface area (Å²) in [7, 11) is 0. The van der Waals surface area contributed by atoms with Gasteiger partial charge in [-0.25, -0.2) is 4.39 Å². The van der Waals surface area contributed by atoms with Crippen LogP contribution < -0.4 is 10.6 Å². The number of amides is 2. The SMILES string of the molecule is Cc1cc(C(F)(C(F)(F)F)C(F)(F)F)cc(C)c1NC(=O)c1csc(NC(=O)c2cnnc3ccccc23)c1. The van der Waals surface area contributed by atoms with E-state index in [1.54, 1.807) is 24.3 Å². The molecule has 0 aliphatic rings. The predicted molar refractivity (Wildman–Crippen MR) is 131 cm³/mol. The van der Waals surface area contributed by atoms with Crippen molar-refractivity contribution in [3.05, 3.63) is 81.9 Å². The lowest BCUT2D eigenvalue weighted by Gasteiger charge is -2.31. The number of halogens is 7. The molecule has 0 atom stereocenters. The minimum atomic E-state index is -6.26. The Kier molecular flexibility index (Phi) is 7.10. The van der Waals surface area contributed by atoms with Crippen LogP contribution in [0.2, 0.25) is 0 Å². The van der Waals surface area contributed by atoms with E-state index < -0.39 is 35.4 Å². The first kappa shape index (κ1) is 28.0. The van der Waals surface area contributed by atoms with E-state index in [1.807, 2.05) is 0 Å². The van der Waals surface area contributed by atoms with Gasteiger partial charge in [-0.2, -0.15) is 36.5 Å². The average Bonchev–Trinajstić information content (AvgIpc) is 3.32. The Morgan fingerprint density at radius 2 is 1.46 bits per heavy atom. The van der Waals surface area contributed by atoms with Gasteiger partial charge < -0.3 is 10.6 Å². The van der Waals surface area contributed by atoms with Crippen molar-refractivity contribution in [2.45, 2.75) is 31.9 Å².